The molecule has 0 aromatic carbocycles. The number of nitrogens with zero attached hydrogens (tertiary/aromatic N) is 2. The van der Waals surface area contributed by atoms with Crippen molar-refractivity contribution in [2.45, 2.75) is 57.5 Å². The number of likely N-dealkylation sites (tertiary alicyclic amines) is 2. The summed E-state index contributed by atoms with van der Waals surface area (Å²) in [4.78, 5) is 5.31. The zero-order chi connectivity index (χ0) is 13.6. The van der Waals surface area contributed by atoms with Crippen LogP contribution >= 0.6 is 0 Å². The molecule has 3 fully saturated rings. The molecule has 0 N–H and O–H groups in total. The molecule has 3 aliphatic rings. The van der Waals surface area contributed by atoms with Crippen molar-refractivity contribution < 1.29 is 4.74 Å². The summed E-state index contributed by atoms with van der Waals surface area (Å²) < 4.78 is 5.76. The van der Waals surface area contributed by atoms with Gasteiger partial charge in [0.1, 0.15) is 0 Å². The summed E-state index contributed by atoms with van der Waals surface area (Å²) in [5, 5.41) is 0. The zero-order valence-electron chi connectivity index (χ0n) is 13.1. The van der Waals surface area contributed by atoms with Gasteiger partial charge in [-0.3, -0.25) is 0 Å². The second kappa shape index (κ2) is 7.77. The Labute approximate surface area is 124 Å². The molecule has 1 unspecified atom stereocenters. The van der Waals surface area contributed by atoms with Crippen molar-refractivity contribution in [2.75, 3.05) is 45.9 Å². The monoisotopic (exact) mass is 280 g/mol. The summed E-state index contributed by atoms with van der Waals surface area (Å²) in [6.07, 6.45) is 11.7. The molecule has 0 amide bonds. The van der Waals surface area contributed by atoms with E-state index in [1.54, 1.807) is 0 Å². The van der Waals surface area contributed by atoms with Crippen LogP contribution in [0.5, 0.6) is 0 Å². The van der Waals surface area contributed by atoms with Gasteiger partial charge in [0.15, 0.2) is 0 Å². The van der Waals surface area contributed by atoms with Crippen LogP contribution in [0.4, 0.5) is 0 Å². The van der Waals surface area contributed by atoms with Crippen molar-refractivity contribution in [1.29, 1.82) is 0 Å². The lowest BCUT2D eigenvalue weighted by molar-refractivity contribution is 0.0588. The largest absolute Gasteiger partial charge is 0.377 e. The fourth-order valence-electron chi connectivity index (χ4n) is 4.14. The van der Waals surface area contributed by atoms with Gasteiger partial charge in [-0.2, -0.15) is 0 Å². The maximum absolute atomic E-state index is 5.76. The smallest absolute Gasteiger partial charge is 0.0702 e. The molecule has 0 saturated carbocycles. The van der Waals surface area contributed by atoms with Crippen molar-refractivity contribution in [2.24, 2.45) is 5.92 Å². The Balaban J connectivity index is 1.26. The van der Waals surface area contributed by atoms with Gasteiger partial charge >= 0.3 is 0 Å². The second-order valence-electron chi connectivity index (χ2n) is 7.07. The molecule has 3 aliphatic heterocycles. The standard InChI is InChI=1S/C17H32N2O/c1-2-10-18(9-1)11-3-5-16-7-12-19(13-8-16)15-17-6-4-14-20-17/h16-17H,1-15H2. The third kappa shape index (κ3) is 4.44. The number of hydrogen-bond acceptors (Lipinski definition) is 3. The summed E-state index contributed by atoms with van der Waals surface area (Å²) in [6, 6.07) is 0. The van der Waals surface area contributed by atoms with Crippen LogP contribution in [-0.4, -0.2) is 61.8 Å². The summed E-state index contributed by atoms with van der Waals surface area (Å²) >= 11 is 0. The molecule has 116 valence electrons. The van der Waals surface area contributed by atoms with Gasteiger partial charge in [-0.05, 0) is 90.0 Å². The number of piperidine rings is 1. The molecule has 3 heterocycles. The lowest BCUT2D eigenvalue weighted by Gasteiger charge is -2.33. The highest BCUT2D eigenvalue weighted by Gasteiger charge is 2.23. The van der Waals surface area contributed by atoms with Crippen molar-refractivity contribution in [3.63, 3.8) is 0 Å². The predicted octanol–water partition coefficient (Wildman–Crippen LogP) is 2.75. The highest BCUT2D eigenvalue weighted by Crippen LogP contribution is 2.24. The molecule has 0 bridgehead atoms. The van der Waals surface area contributed by atoms with Gasteiger partial charge in [-0.1, -0.05) is 0 Å². The molecule has 3 nitrogen and oxygen atoms in total. The van der Waals surface area contributed by atoms with E-state index in [1.165, 1.54) is 90.6 Å². The molecule has 1 atom stereocenters. The molecule has 20 heavy (non-hydrogen) atoms. The van der Waals surface area contributed by atoms with E-state index in [2.05, 4.69) is 9.80 Å². The van der Waals surface area contributed by atoms with E-state index >= 15 is 0 Å². The second-order valence-corrected chi connectivity index (χ2v) is 7.07. The summed E-state index contributed by atoms with van der Waals surface area (Å²) in [6.45, 7) is 8.90. The van der Waals surface area contributed by atoms with Gasteiger partial charge < -0.3 is 14.5 Å². The average molecular weight is 280 g/mol. The molecule has 0 aliphatic carbocycles. The van der Waals surface area contributed by atoms with Gasteiger partial charge in [0.2, 0.25) is 0 Å². The number of ether oxygens (including phenoxy) is 1. The van der Waals surface area contributed by atoms with E-state index in [0.29, 0.717) is 6.10 Å². The van der Waals surface area contributed by atoms with Crippen LogP contribution < -0.4 is 0 Å². The van der Waals surface area contributed by atoms with Crippen LogP contribution in [0, 0.1) is 5.92 Å². The highest BCUT2D eigenvalue weighted by atomic mass is 16.5. The third-order valence-corrected chi connectivity index (χ3v) is 5.48. The van der Waals surface area contributed by atoms with Gasteiger partial charge in [-0.15, -0.1) is 0 Å². The van der Waals surface area contributed by atoms with Crippen molar-refractivity contribution >= 4 is 0 Å². The summed E-state index contributed by atoms with van der Waals surface area (Å²) in [7, 11) is 0. The quantitative estimate of drug-likeness (QED) is 0.744. The summed E-state index contributed by atoms with van der Waals surface area (Å²) in [5.74, 6) is 0.998. The van der Waals surface area contributed by atoms with E-state index in [1.807, 2.05) is 0 Å². The lowest BCUT2D eigenvalue weighted by atomic mass is 9.92. The van der Waals surface area contributed by atoms with E-state index < -0.39 is 0 Å². The van der Waals surface area contributed by atoms with Crippen LogP contribution in [0.3, 0.4) is 0 Å². The fraction of sp³-hybridized carbons (Fsp3) is 1.00. The first kappa shape index (κ1) is 14.8. The Morgan fingerprint density at radius 2 is 1.65 bits per heavy atom. The van der Waals surface area contributed by atoms with Crippen LogP contribution in [-0.2, 0) is 4.74 Å². The minimum atomic E-state index is 0.543. The van der Waals surface area contributed by atoms with Crippen LogP contribution in [0.15, 0.2) is 0 Å². The Kier molecular flexibility index (Phi) is 5.75. The minimum absolute atomic E-state index is 0.543. The Hall–Kier alpha value is -0.120. The van der Waals surface area contributed by atoms with Gasteiger partial charge in [0.05, 0.1) is 6.10 Å². The molecule has 3 saturated heterocycles. The topological polar surface area (TPSA) is 15.7 Å². The first-order valence-electron chi connectivity index (χ1n) is 8.96. The zero-order valence-corrected chi connectivity index (χ0v) is 13.1. The van der Waals surface area contributed by atoms with Crippen LogP contribution in [0.25, 0.3) is 0 Å². The van der Waals surface area contributed by atoms with E-state index in [4.69, 9.17) is 4.74 Å². The maximum atomic E-state index is 5.76. The van der Waals surface area contributed by atoms with E-state index in [9.17, 15) is 0 Å². The predicted molar refractivity (Wildman–Crippen MR) is 83.0 cm³/mol. The lowest BCUT2D eigenvalue weighted by Crippen LogP contribution is -2.38. The van der Waals surface area contributed by atoms with Crippen LogP contribution in [0.2, 0.25) is 0 Å². The minimum Gasteiger partial charge on any atom is -0.377 e. The van der Waals surface area contributed by atoms with Gasteiger partial charge in [0.25, 0.3) is 0 Å². The molecular formula is C17H32N2O. The Bertz CT molecular complexity index is 264. The van der Waals surface area contributed by atoms with Crippen molar-refractivity contribution in [1.82, 2.24) is 9.80 Å². The van der Waals surface area contributed by atoms with E-state index in [-0.39, 0.29) is 0 Å². The van der Waals surface area contributed by atoms with Gasteiger partial charge in [-0.25, -0.2) is 0 Å². The fourth-order valence-corrected chi connectivity index (χ4v) is 4.14. The van der Waals surface area contributed by atoms with E-state index in [0.717, 1.165) is 12.5 Å². The highest BCUT2D eigenvalue weighted by molar-refractivity contribution is 4.77. The Morgan fingerprint density at radius 3 is 2.35 bits per heavy atom. The molecule has 0 aromatic rings. The average Bonchev–Trinajstić information content (AvgIpc) is 3.14. The molecule has 3 heteroatoms. The SMILES string of the molecule is C1COC(CN2CCC(CCCN3CCCC3)CC2)C1. The first-order chi connectivity index (χ1) is 9.90. The maximum Gasteiger partial charge on any atom is 0.0702 e. The summed E-state index contributed by atoms with van der Waals surface area (Å²) in [5.41, 5.74) is 0. The molecular weight excluding hydrogens is 248 g/mol. The number of rotatable bonds is 6. The molecule has 3 rings (SSSR count). The van der Waals surface area contributed by atoms with Crippen LogP contribution in [0.1, 0.15) is 51.4 Å². The first-order valence-corrected chi connectivity index (χ1v) is 8.96. The number of hydrogen-bond donors (Lipinski definition) is 0. The Morgan fingerprint density at radius 1 is 0.850 bits per heavy atom. The normalized spacial score (nSPS) is 30.3. The van der Waals surface area contributed by atoms with Crippen molar-refractivity contribution in [3.05, 3.63) is 0 Å². The molecule has 0 aromatic heterocycles. The third-order valence-electron chi connectivity index (χ3n) is 5.48. The van der Waals surface area contributed by atoms with Gasteiger partial charge in [0, 0.05) is 13.2 Å². The molecule has 0 spiro atoms. The molecule has 0 radical (unpaired) electrons. The van der Waals surface area contributed by atoms with Crippen molar-refractivity contribution in [3.8, 4) is 0 Å².